The number of nitrogens with zero attached hydrogens (tertiary/aromatic N) is 7. The highest BCUT2D eigenvalue weighted by atomic mass is 35.5. The highest BCUT2D eigenvalue weighted by Gasteiger charge is 2.31. The summed E-state index contributed by atoms with van der Waals surface area (Å²) < 4.78 is 8.57. The number of likely N-dealkylation sites (N-methyl/N-ethyl adjacent to an activating group) is 1. The van der Waals surface area contributed by atoms with Crippen LogP contribution in [-0.4, -0.2) is 63.2 Å². The van der Waals surface area contributed by atoms with Gasteiger partial charge < -0.3 is 24.0 Å². The van der Waals surface area contributed by atoms with Gasteiger partial charge in [-0.2, -0.15) is 9.97 Å². The van der Waals surface area contributed by atoms with Gasteiger partial charge in [0.05, 0.1) is 35.8 Å². The molecular formula is C30H34ClN7O. The van der Waals surface area contributed by atoms with Gasteiger partial charge >= 0.3 is 6.01 Å². The van der Waals surface area contributed by atoms with Crippen LogP contribution in [-0.2, 0) is 26.1 Å². The van der Waals surface area contributed by atoms with Gasteiger partial charge in [0, 0.05) is 48.0 Å². The number of hydrogen-bond donors (Lipinski definition) is 0. The monoisotopic (exact) mass is 543 g/mol. The smallest absolute Gasteiger partial charge is 0.318 e. The van der Waals surface area contributed by atoms with Gasteiger partial charge in [0.2, 0.25) is 0 Å². The van der Waals surface area contributed by atoms with Gasteiger partial charge in [-0.3, -0.25) is 0 Å². The third kappa shape index (κ3) is 4.49. The Morgan fingerprint density at radius 3 is 2.79 bits per heavy atom. The summed E-state index contributed by atoms with van der Waals surface area (Å²) in [6.45, 7) is 7.22. The number of halogens is 1. The van der Waals surface area contributed by atoms with Crippen LogP contribution in [0.2, 0.25) is 5.02 Å². The van der Waals surface area contributed by atoms with Crippen molar-refractivity contribution in [1.82, 2.24) is 24.4 Å². The molecule has 0 bridgehead atoms. The second-order valence-corrected chi connectivity index (χ2v) is 11.6. The van der Waals surface area contributed by atoms with Crippen LogP contribution < -0.4 is 14.5 Å². The summed E-state index contributed by atoms with van der Waals surface area (Å²) in [5.74, 6) is 1.00. The number of ether oxygens (including phenoxy) is 1. The molecule has 1 fully saturated rings. The van der Waals surface area contributed by atoms with Gasteiger partial charge in [-0.05, 0) is 57.3 Å². The maximum Gasteiger partial charge on any atom is 0.318 e. The molecule has 202 valence electrons. The van der Waals surface area contributed by atoms with Gasteiger partial charge in [0.1, 0.15) is 12.4 Å². The number of aromatic nitrogens is 4. The topological polar surface area (TPSA) is 62.6 Å². The summed E-state index contributed by atoms with van der Waals surface area (Å²) in [6.07, 6.45) is 7.11. The van der Waals surface area contributed by atoms with Gasteiger partial charge in [0.25, 0.3) is 0 Å². The van der Waals surface area contributed by atoms with Crippen LogP contribution in [0, 0.1) is 0 Å². The second-order valence-electron chi connectivity index (χ2n) is 11.1. The Morgan fingerprint density at radius 1 is 1.08 bits per heavy atom. The van der Waals surface area contributed by atoms with E-state index in [4.69, 9.17) is 26.3 Å². The molecule has 0 saturated carbocycles. The minimum absolute atomic E-state index is 0.286. The van der Waals surface area contributed by atoms with Crippen molar-refractivity contribution in [2.24, 2.45) is 0 Å². The Hall–Kier alpha value is -3.36. The van der Waals surface area contributed by atoms with Crippen molar-refractivity contribution >= 4 is 33.9 Å². The Labute approximate surface area is 234 Å². The van der Waals surface area contributed by atoms with Crippen LogP contribution in [0.25, 0.3) is 10.8 Å². The number of fused-ring (bicyclic) bond motifs is 3. The summed E-state index contributed by atoms with van der Waals surface area (Å²) in [5, 5.41) is 3.02. The zero-order valence-electron chi connectivity index (χ0n) is 22.6. The van der Waals surface area contributed by atoms with Crippen molar-refractivity contribution in [3.63, 3.8) is 0 Å². The fourth-order valence-corrected chi connectivity index (χ4v) is 6.72. The first kappa shape index (κ1) is 24.7. The lowest BCUT2D eigenvalue weighted by Gasteiger charge is -2.38. The third-order valence-corrected chi connectivity index (χ3v) is 8.98. The normalized spacial score (nSPS) is 21.3. The van der Waals surface area contributed by atoms with E-state index in [9.17, 15) is 0 Å². The van der Waals surface area contributed by atoms with Crippen LogP contribution in [0.5, 0.6) is 6.01 Å². The summed E-state index contributed by atoms with van der Waals surface area (Å²) in [5.41, 5.74) is 4.62. The Morgan fingerprint density at radius 2 is 1.95 bits per heavy atom. The summed E-state index contributed by atoms with van der Waals surface area (Å²) in [7, 11) is 2.17. The molecule has 2 atom stereocenters. The molecule has 8 nitrogen and oxygen atoms in total. The summed E-state index contributed by atoms with van der Waals surface area (Å²) >= 11 is 6.71. The Kier molecular flexibility index (Phi) is 6.32. The van der Waals surface area contributed by atoms with Gasteiger partial charge in [0.15, 0.2) is 0 Å². The predicted octanol–water partition coefficient (Wildman–Crippen LogP) is 4.92. The fraction of sp³-hybridized carbons (Fsp3) is 0.433. The van der Waals surface area contributed by atoms with Gasteiger partial charge in [-0.1, -0.05) is 35.9 Å². The molecule has 0 N–H and O–H groups in total. The molecule has 9 heteroatoms. The largest absolute Gasteiger partial charge is 0.462 e. The molecule has 0 radical (unpaired) electrons. The van der Waals surface area contributed by atoms with E-state index in [0.29, 0.717) is 25.2 Å². The van der Waals surface area contributed by atoms with Crippen molar-refractivity contribution < 1.29 is 4.74 Å². The summed E-state index contributed by atoms with van der Waals surface area (Å²) in [6, 6.07) is 13.7. The third-order valence-electron chi connectivity index (χ3n) is 8.67. The maximum absolute atomic E-state index is 6.71. The SMILES string of the molecule is C[C@H]1Cn2cncc2CN1c1nc(OC[C@@H]2CCCN2C)nc2c1CCN(c1cccc3cccc(Cl)c13)C2. The van der Waals surface area contributed by atoms with E-state index in [0.717, 1.165) is 72.0 Å². The molecule has 5 heterocycles. The zero-order valence-corrected chi connectivity index (χ0v) is 23.3. The first-order chi connectivity index (χ1) is 19.0. The minimum atomic E-state index is 0.286. The van der Waals surface area contributed by atoms with Gasteiger partial charge in [-0.25, -0.2) is 4.98 Å². The average molecular weight is 544 g/mol. The van der Waals surface area contributed by atoms with E-state index in [1.165, 1.54) is 17.7 Å². The maximum atomic E-state index is 6.71. The number of anilines is 2. The van der Waals surface area contributed by atoms with Crippen molar-refractivity contribution in [3.05, 3.63) is 70.9 Å². The van der Waals surface area contributed by atoms with Crippen molar-refractivity contribution in [2.45, 2.75) is 57.9 Å². The number of imidazole rings is 1. The van der Waals surface area contributed by atoms with Crippen molar-refractivity contribution in [1.29, 1.82) is 0 Å². The van der Waals surface area contributed by atoms with Crippen LogP contribution in [0.3, 0.4) is 0 Å². The molecule has 39 heavy (non-hydrogen) atoms. The molecular weight excluding hydrogens is 510 g/mol. The summed E-state index contributed by atoms with van der Waals surface area (Å²) in [4.78, 5) is 21.7. The minimum Gasteiger partial charge on any atom is -0.462 e. The number of benzene rings is 2. The fourth-order valence-electron chi connectivity index (χ4n) is 6.44. The van der Waals surface area contributed by atoms with Crippen molar-refractivity contribution in [2.75, 3.05) is 36.5 Å². The molecule has 0 amide bonds. The van der Waals surface area contributed by atoms with Gasteiger partial charge in [-0.15, -0.1) is 0 Å². The van der Waals surface area contributed by atoms with E-state index in [-0.39, 0.29) is 6.04 Å². The van der Waals surface area contributed by atoms with E-state index in [1.807, 2.05) is 24.7 Å². The second kappa shape index (κ2) is 9.99. The molecule has 0 aliphatic carbocycles. The molecule has 7 rings (SSSR count). The molecule has 0 unspecified atom stereocenters. The first-order valence-electron chi connectivity index (χ1n) is 14.0. The molecule has 2 aromatic heterocycles. The lowest BCUT2D eigenvalue weighted by molar-refractivity contribution is 0.187. The van der Waals surface area contributed by atoms with E-state index >= 15 is 0 Å². The van der Waals surface area contributed by atoms with Crippen LogP contribution in [0.1, 0.15) is 36.7 Å². The number of rotatable bonds is 5. The average Bonchev–Trinajstić information content (AvgIpc) is 3.58. The molecule has 3 aliphatic rings. The molecule has 2 aromatic carbocycles. The Balaban J connectivity index is 1.26. The number of hydrogen-bond acceptors (Lipinski definition) is 7. The van der Waals surface area contributed by atoms with Crippen LogP contribution >= 0.6 is 11.6 Å². The van der Waals surface area contributed by atoms with E-state index in [1.54, 1.807) is 0 Å². The highest BCUT2D eigenvalue weighted by molar-refractivity contribution is 6.36. The molecule has 0 spiro atoms. The lowest BCUT2D eigenvalue weighted by Crippen LogP contribution is -2.43. The van der Waals surface area contributed by atoms with E-state index < -0.39 is 0 Å². The van der Waals surface area contributed by atoms with Crippen LogP contribution in [0.4, 0.5) is 11.5 Å². The molecule has 4 aromatic rings. The van der Waals surface area contributed by atoms with Crippen molar-refractivity contribution in [3.8, 4) is 6.01 Å². The lowest BCUT2D eigenvalue weighted by atomic mass is 10.0. The predicted molar refractivity (Wildman–Crippen MR) is 155 cm³/mol. The van der Waals surface area contributed by atoms with Crippen LogP contribution in [0.15, 0.2) is 48.9 Å². The Bertz CT molecular complexity index is 1520. The molecule has 1 saturated heterocycles. The zero-order chi connectivity index (χ0) is 26.5. The van der Waals surface area contributed by atoms with E-state index in [2.05, 4.69) is 62.5 Å². The standard InChI is InChI=1S/C30H34ClN7O/c1-20-15-37-19-32-14-23(37)16-38(20)29-24-11-13-36(27-10-4-7-21-6-3-9-25(31)28(21)27)17-26(24)33-30(34-29)39-18-22-8-5-12-35(22)2/h3-4,6-7,9-10,14,19-20,22H,5,8,11-13,15-18H2,1-2H3/t20-,22-/m0/s1. The quantitative estimate of drug-likeness (QED) is 0.354. The first-order valence-corrected chi connectivity index (χ1v) is 14.3. The number of likely N-dealkylation sites (tertiary alicyclic amines) is 1. The molecule has 3 aliphatic heterocycles. The highest BCUT2D eigenvalue weighted by Crippen LogP contribution is 2.38.